The molecule has 0 aliphatic heterocycles. The smallest absolute Gasteiger partial charge is 0.244 e. The Labute approximate surface area is 120 Å². The summed E-state index contributed by atoms with van der Waals surface area (Å²) in [5.41, 5.74) is 1.04. The van der Waals surface area contributed by atoms with Gasteiger partial charge < -0.3 is 9.73 Å². The van der Waals surface area contributed by atoms with E-state index >= 15 is 0 Å². The van der Waals surface area contributed by atoms with Crippen LogP contribution in [0.2, 0.25) is 0 Å². The maximum absolute atomic E-state index is 11.8. The fourth-order valence-electron chi connectivity index (χ4n) is 1.71. The number of benzene rings is 1. The molecule has 1 unspecified atom stereocenters. The average Bonchev–Trinajstić information content (AvgIpc) is 2.90. The molecule has 1 amide bonds. The molecule has 0 radical (unpaired) electrons. The second-order valence-electron chi connectivity index (χ2n) is 4.10. The summed E-state index contributed by atoms with van der Waals surface area (Å²) in [5, 5.41) is 2.90. The predicted molar refractivity (Wildman–Crippen MR) is 78.4 cm³/mol. The van der Waals surface area contributed by atoms with Gasteiger partial charge in [0.05, 0.1) is 12.3 Å². The van der Waals surface area contributed by atoms with Gasteiger partial charge >= 0.3 is 0 Å². The molecule has 2 rings (SSSR count). The third-order valence-electron chi connectivity index (χ3n) is 2.67. The van der Waals surface area contributed by atoms with Gasteiger partial charge in [-0.1, -0.05) is 34.1 Å². The number of hydrogen-bond donors (Lipinski definition) is 1. The van der Waals surface area contributed by atoms with E-state index in [0.29, 0.717) is 5.76 Å². The quantitative estimate of drug-likeness (QED) is 0.867. The first-order chi connectivity index (χ1) is 9.16. The standard InChI is InChI=1S/C15H14BrNO2/c1-11(13-6-2-3-7-14(13)16)17-15(18)9-8-12-5-4-10-19-12/h2-11H,1H3,(H,17,18)/b9-8+. The minimum atomic E-state index is -0.153. The zero-order valence-electron chi connectivity index (χ0n) is 10.5. The van der Waals surface area contributed by atoms with E-state index < -0.39 is 0 Å². The van der Waals surface area contributed by atoms with Crippen LogP contribution < -0.4 is 5.32 Å². The summed E-state index contributed by atoms with van der Waals surface area (Å²) in [6, 6.07) is 11.3. The summed E-state index contributed by atoms with van der Waals surface area (Å²) in [6.45, 7) is 1.94. The van der Waals surface area contributed by atoms with Crippen molar-refractivity contribution in [3.8, 4) is 0 Å². The molecule has 0 aliphatic carbocycles. The van der Waals surface area contributed by atoms with Gasteiger partial charge in [0.2, 0.25) is 5.91 Å². The molecular formula is C15H14BrNO2. The Kier molecular flexibility index (Phi) is 4.58. The zero-order chi connectivity index (χ0) is 13.7. The first-order valence-electron chi connectivity index (χ1n) is 5.93. The van der Waals surface area contributed by atoms with Crippen molar-refractivity contribution in [3.05, 3.63) is 64.5 Å². The third-order valence-corrected chi connectivity index (χ3v) is 3.39. The first-order valence-corrected chi connectivity index (χ1v) is 6.72. The normalized spacial score (nSPS) is 12.5. The van der Waals surface area contributed by atoms with Gasteiger partial charge in [0.25, 0.3) is 0 Å². The molecule has 4 heteroatoms. The lowest BCUT2D eigenvalue weighted by atomic mass is 10.1. The van der Waals surface area contributed by atoms with Crippen LogP contribution in [0, 0.1) is 0 Å². The lowest BCUT2D eigenvalue weighted by molar-refractivity contribution is -0.117. The van der Waals surface area contributed by atoms with Gasteiger partial charge in [-0.3, -0.25) is 4.79 Å². The van der Waals surface area contributed by atoms with Crippen molar-refractivity contribution in [2.24, 2.45) is 0 Å². The van der Waals surface area contributed by atoms with Crippen molar-refractivity contribution in [1.82, 2.24) is 5.32 Å². The van der Waals surface area contributed by atoms with E-state index in [1.807, 2.05) is 31.2 Å². The van der Waals surface area contributed by atoms with Crippen molar-refractivity contribution in [1.29, 1.82) is 0 Å². The van der Waals surface area contributed by atoms with E-state index in [4.69, 9.17) is 4.42 Å². The molecule has 0 fully saturated rings. The predicted octanol–water partition coefficient (Wildman–Crippen LogP) is 3.93. The maximum Gasteiger partial charge on any atom is 0.244 e. The number of hydrogen-bond acceptors (Lipinski definition) is 2. The Hall–Kier alpha value is -1.81. The molecular weight excluding hydrogens is 306 g/mol. The lowest BCUT2D eigenvalue weighted by Gasteiger charge is -2.14. The van der Waals surface area contributed by atoms with E-state index in [0.717, 1.165) is 10.0 Å². The largest absolute Gasteiger partial charge is 0.465 e. The Bertz CT molecular complexity index is 576. The summed E-state index contributed by atoms with van der Waals surface area (Å²) < 4.78 is 6.10. The molecule has 0 saturated carbocycles. The van der Waals surface area contributed by atoms with Gasteiger partial charge in [-0.15, -0.1) is 0 Å². The highest BCUT2D eigenvalue weighted by molar-refractivity contribution is 9.10. The number of carbonyl (C=O) groups is 1. The highest BCUT2D eigenvalue weighted by atomic mass is 79.9. The van der Waals surface area contributed by atoms with E-state index in [1.165, 1.54) is 6.08 Å². The van der Waals surface area contributed by atoms with Crippen LogP contribution in [0.5, 0.6) is 0 Å². The van der Waals surface area contributed by atoms with Gasteiger partial charge in [0.1, 0.15) is 5.76 Å². The lowest BCUT2D eigenvalue weighted by Crippen LogP contribution is -2.24. The highest BCUT2D eigenvalue weighted by Crippen LogP contribution is 2.22. The van der Waals surface area contributed by atoms with Gasteiger partial charge in [0.15, 0.2) is 0 Å². The number of rotatable bonds is 4. The van der Waals surface area contributed by atoms with Gasteiger partial charge in [0, 0.05) is 10.5 Å². The molecule has 1 aromatic carbocycles. The van der Waals surface area contributed by atoms with Crippen LogP contribution in [-0.4, -0.2) is 5.91 Å². The molecule has 1 atom stereocenters. The minimum absolute atomic E-state index is 0.0654. The van der Waals surface area contributed by atoms with Crippen LogP contribution in [0.3, 0.4) is 0 Å². The fourth-order valence-corrected chi connectivity index (χ4v) is 2.34. The van der Waals surface area contributed by atoms with Crippen LogP contribution in [0.1, 0.15) is 24.3 Å². The monoisotopic (exact) mass is 319 g/mol. The first kappa shape index (κ1) is 13.6. The Morgan fingerprint density at radius 2 is 2.11 bits per heavy atom. The van der Waals surface area contributed by atoms with Crippen LogP contribution in [0.4, 0.5) is 0 Å². The second-order valence-corrected chi connectivity index (χ2v) is 4.95. The average molecular weight is 320 g/mol. The molecule has 98 valence electrons. The molecule has 0 aliphatic rings. The summed E-state index contributed by atoms with van der Waals surface area (Å²) in [7, 11) is 0. The Balaban J connectivity index is 1.97. The summed E-state index contributed by atoms with van der Waals surface area (Å²) >= 11 is 3.47. The fraction of sp³-hybridized carbons (Fsp3) is 0.133. The molecule has 2 aromatic rings. The van der Waals surface area contributed by atoms with Crippen molar-refractivity contribution >= 4 is 27.9 Å². The number of carbonyl (C=O) groups excluding carboxylic acids is 1. The molecule has 1 N–H and O–H groups in total. The molecule has 19 heavy (non-hydrogen) atoms. The van der Waals surface area contributed by atoms with Crippen molar-refractivity contribution in [3.63, 3.8) is 0 Å². The van der Waals surface area contributed by atoms with Gasteiger partial charge in [-0.05, 0) is 36.8 Å². The van der Waals surface area contributed by atoms with Crippen LogP contribution >= 0.6 is 15.9 Å². The molecule has 0 spiro atoms. The number of amides is 1. The van der Waals surface area contributed by atoms with Crippen LogP contribution in [0.15, 0.2) is 57.6 Å². The van der Waals surface area contributed by atoms with Crippen molar-refractivity contribution < 1.29 is 9.21 Å². The topological polar surface area (TPSA) is 42.2 Å². The summed E-state index contributed by atoms with van der Waals surface area (Å²) in [6.07, 6.45) is 4.68. The van der Waals surface area contributed by atoms with Crippen molar-refractivity contribution in [2.75, 3.05) is 0 Å². The van der Waals surface area contributed by atoms with E-state index in [9.17, 15) is 4.79 Å². The van der Waals surface area contributed by atoms with Gasteiger partial charge in [-0.25, -0.2) is 0 Å². The van der Waals surface area contributed by atoms with Gasteiger partial charge in [-0.2, -0.15) is 0 Å². The number of nitrogens with one attached hydrogen (secondary N) is 1. The van der Waals surface area contributed by atoms with Crippen molar-refractivity contribution in [2.45, 2.75) is 13.0 Å². The van der Waals surface area contributed by atoms with Crippen LogP contribution in [0.25, 0.3) is 6.08 Å². The molecule has 1 heterocycles. The zero-order valence-corrected chi connectivity index (χ0v) is 12.1. The Morgan fingerprint density at radius 3 is 2.79 bits per heavy atom. The SMILES string of the molecule is CC(NC(=O)/C=C/c1ccco1)c1ccccc1Br. The molecule has 0 saturated heterocycles. The highest BCUT2D eigenvalue weighted by Gasteiger charge is 2.10. The third kappa shape index (κ3) is 3.83. The number of halogens is 1. The molecule has 0 bridgehead atoms. The van der Waals surface area contributed by atoms with E-state index in [2.05, 4.69) is 21.2 Å². The second kappa shape index (κ2) is 6.38. The Morgan fingerprint density at radius 1 is 1.32 bits per heavy atom. The van der Waals surface area contributed by atoms with E-state index in [-0.39, 0.29) is 11.9 Å². The molecule has 3 nitrogen and oxygen atoms in total. The molecule has 1 aromatic heterocycles. The number of furan rings is 1. The van der Waals surface area contributed by atoms with E-state index in [1.54, 1.807) is 24.5 Å². The minimum Gasteiger partial charge on any atom is -0.465 e. The van der Waals surface area contributed by atoms with Crippen LogP contribution in [-0.2, 0) is 4.79 Å². The summed E-state index contributed by atoms with van der Waals surface area (Å²) in [4.78, 5) is 11.8. The summed E-state index contributed by atoms with van der Waals surface area (Å²) in [5.74, 6) is 0.503. The maximum atomic E-state index is 11.8.